The predicted octanol–water partition coefficient (Wildman–Crippen LogP) is 2.94. The first-order valence-corrected chi connectivity index (χ1v) is 7.78. The second-order valence-electron chi connectivity index (χ2n) is 4.95. The molecule has 0 saturated carbocycles. The number of aromatic nitrogens is 6. The Bertz CT molecular complexity index is 978. The quantitative estimate of drug-likeness (QED) is 0.536. The molecule has 0 unspecified atom stereocenters. The van der Waals surface area contributed by atoms with Crippen LogP contribution in [0.15, 0.2) is 51.1 Å². The Hall–Kier alpha value is -2.74. The molecule has 0 fully saturated rings. The Morgan fingerprint density at radius 1 is 1.04 bits per heavy atom. The summed E-state index contributed by atoms with van der Waals surface area (Å²) in [7, 11) is 0. The van der Waals surface area contributed by atoms with Gasteiger partial charge >= 0.3 is 0 Å². The van der Waals surface area contributed by atoms with Crippen LogP contribution < -0.4 is 0 Å². The first kappa shape index (κ1) is 13.9. The molecule has 3 heterocycles. The summed E-state index contributed by atoms with van der Waals surface area (Å²) in [4.78, 5) is 8.65. The number of hydrogen-bond donors (Lipinski definition) is 0. The van der Waals surface area contributed by atoms with E-state index in [1.807, 2.05) is 50.2 Å². The highest BCUT2D eigenvalue weighted by Gasteiger charge is 2.14. The largest absolute Gasteiger partial charge is 0.411 e. The fraction of sp³-hybridized carbons (Fsp3) is 0.133. The van der Waals surface area contributed by atoms with E-state index in [0.717, 1.165) is 16.3 Å². The third kappa shape index (κ3) is 2.68. The minimum Gasteiger partial charge on any atom is -0.411 e. The van der Waals surface area contributed by atoms with Crippen molar-refractivity contribution < 1.29 is 4.42 Å². The molecule has 4 rings (SSSR count). The van der Waals surface area contributed by atoms with Crippen molar-refractivity contribution in [3.8, 4) is 11.5 Å². The molecule has 0 atom stereocenters. The van der Waals surface area contributed by atoms with Gasteiger partial charge < -0.3 is 4.42 Å². The Labute approximate surface area is 135 Å². The third-order valence-corrected chi connectivity index (χ3v) is 3.97. The monoisotopic (exact) mass is 324 g/mol. The van der Waals surface area contributed by atoms with Crippen molar-refractivity contribution in [2.24, 2.45) is 0 Å². The Balaban J connectivity index is 1.70. The minimum absolute atomic E-state index is 0.448. The highest BCUT2D eigenvalue weighted by molar-refractivity contribution is 7.99. The van der Waals surface area contributed by atoms with Crippen LogP contribution in [-0.4, -0.2) is 29.8 Å². The maximum absolute atomic E-state index is 5.73. The molecule has 1 aromatic carbocycles. The van der Waals surface area contributed by atoms with E-state index in [0.29, 0.717) is 22.7 Å². The molecule has 3 aromatic heterocycles. The summed E-state index contributed by atoms with van der Waals surface area (Å²) in [6, 6.07) is 11.6. The fourth-order valence-electron chi connectivity index (χ4n) is 2.16. The van der Waals surface area contributed by atoms with Crippen molar-refractivity contribution in [1.82, 2.24) is 29.8 Å². The van der Waals surface area contributed by atoms with Crippen molar-refractivity contribution in [3.05, 3.63) is 47.9 Å². The second-order valence-corrected chi connectivity index (χ2v) is 5.92. The summed E-state index contributed by atoms with van der Waals surface area (Å²) < 4.78 is 7.41. The first-order chi connectivity index (χ1) is 11.2. The van der Waals surface area contributed by atoms with Gasteiger partial charge in [-0.05, 0) is 43.8 Å². The van der Waals surface area contributed by atoms with Crippen LogP contribution in [0, 0.1) is 13.8 Å². The highest BCUT2D eigenvalue weighted by Crippen LogP contribution is 2.29. The van der Waals surface area contributed by atoms with E-state index in [4.69, 9.17) is 4.42 Å². The van der Waals surface area contributed by atoms with Crippen molar-refractivity contribution >= 4 is 17.5 Å². The minimum atomic E-state index is 0.448. The van der Waals surface area contributed by atoms with Gasteiger partial charge in [-0.25, -0.2) is 4.98 Å². The van der Waals surface area contributed by atoms with Crippen LogP contribution in [0.1, 0.15) is 11.5 Å². The van der Waals surface area contributed by atoms with E-state index in [9.17, 15) is 0 Å². The predicted molar refractivity (Wildman–Crippen MR) is 84.1 cm³/mol. The van der Waals surface area contributed by atoms with E-state index < -0.39 is 0 Å². The van der Waals surface area contributed by atoms with Gasteiger partial charge in [0.2, 0.25) is 5.89 Å². The topological polar surface area (TPSA) is 82.0 Å². The summed E-state index contributed by atoms with van der Waals surface area (Å²) >= 11 is 1.34. The lowest BCUT2D eigenvalue weighted by atomic mass is 10.2. The van der Waals surface area contributed by atoms with Gasteiger partial charge in [0.05, 0.1) is 0 Å². The van der Waals surface area contributed by atoms with E-state index in [2.05, 4.69) is 25.3 Å². The Kier molecular flexibility index (Phi) is 3.30. The average molecular weight is 324 g/mol. The van der Waals surface area contributed by atoms with Gasteiger partial charge in [0.25, 0.3) is 11.0 Å². The average Bonchev–Trinajstić information content (AvgIpc) is 3.14. The zero-order valence-corrected chi connectivity index (χ0v) is 13.3. The molecule has 0 spiro atoms. The third-order valence-electron chi connectivity index (χ3n) is 3.13. The summed E-state index contributed by atoms with van der Waals surface area (Å²) in [5.41, 5.74) is 1.75. The lowest BCUT2D eigenvalue weighted by Crippen LogP contribution is -1.97. The zero-order chi connectivity index (χ0) is 15.8. The van der Waals surface area contributed by atoms with Crippen LogP contribution >= 0.6 is 11.8 Å². The molecule has 23 heavy (non-hydrogen) atoms. The lowest BCUT2D eigenvalue weighted by molar-refractivity contribution is 0.465. The molecule has 8 heteroatoms. The van der Waals surface area contributed by atoms with E-state index in [-0.39, 0.29) is 0 Å². The summed E-state index contributed by atoms with van der Waals surface area (Å²) in [5.74, 6) is 1.72. The summed E-state index contributed by atoms with van der Waals surface area (Å²) in [6.45, 7) is 3.75. The molecule has 0 bridgehead atoms. The first-order valence-electron chi connectivity index (χ1n) is 6.97. The maximum atomic E-state index is 5.73. The number of benzene rings is 1. The fourth-order valence-corrected chi connectivity index (χ4v) is 2.98. The lowest BCUT2D eigenvalue weighted by Gasteiger charge is -2.01. The smallest absolute Gasteiger partial charge is 0.283 e. The van der Waals surface area contributed by atoms with Gasteiger partial charge in [-0.1, -0.05) is 18.2 Å². The molecule has 7 nitrogen and oxygen atoms in total. The zero-order valence-electron chi connectivity index (χ0n) is 12.5. The van der Waals surface area contributed by atoms with Crippen LogP contribution in [0.25, 0.3) is 17.2 Å². The molecular weight excluding hydrogens is 312 g/mol. The molecule has 4 aromatic rings. The molecule has 0 saturated heterocycles. The molecule has 0 aliphatic rings. The van der Waals surface area contributed by atoms with Crippen molar-refractivity contribution in [3.63, 3.8) is 0 Å². The molecule has 0 amide bonds. The van der Waals surface area contributed by atoms with Crippen LogP contribution in [0.2, 0.25) is 0 Å². The van der Waals surface area contributed by atoms with E-state index in [1.54, 1.807) is 4.52 Å². The van der Waals surface area contributed by atoms with E-state index >= 15 is 0 Å². The molecule has 0 aliphatic carbocycles. The summed E-state index contributed by atoms with van der Waals surface area (Å²) in [5, 5.41) is 13.8. The molecular formula is C15H12N6OS. The standard InChI is InChI=1S/C15H12N6OS/c1-9-8-12(21-14(16-9)17-10(2)20-21)23-15-19-18-13(22-15)11-6-4-3-5-7-11/h3-8H,1-2H3. The van der Waals surface area contributed by atoms with Gasteiger partial charge in [-0.15, -0.1) is 15.3 Å². The van der Waals surface area contributed by atoms with Crippen LogP contribution in [0.3, 0.4) is 0 Å². The van der Waals surface area contributed by atoms with Crippen molar-refractivity contribution in [2.45, 2.75) is 24.1 Å². The van der Waals surface area contributed by atoms with E-state index in [1.165, 1.54) is 11.8 Å². The van der Waals surface area contributed by atoms with Gasteiger partial charge in [-0.2, -0.15) is 9.50 Å². The SMILES string of the molecule is Cc1cc(Sc2nnc(-c3ccccc3)o2)n2nc(C)nc2n1. The van der Waals surface area contributed by atoms with Crippen LogP contribution in [-0.2, 0) is 0 Å². The van der Waals surface area contributed by atoms with Crippen LogP contribution in [0.4, 0.5) is 0 Å². The number of hydrogen-bond acceptors (Lipinski definition) is 7. The highest BCUT2D eigenvalue weighted by atomic mass is 32.2. The van der Waals surface area contributed by atoms with Gasteiger partial charge in [-0.3, -0.25) is 0 Å². The number of nitrogens with zero attached hydrogens (tertiary/aromatic N) is 6. The van der Waals surface area contributed by atoms with Crippen LogP contribution in [0.5, 0.6) is 0 Å². The van der Waals surface area contributed by atoms with Crippen molar-refractivity contribution in [1.29, 1.82) is 0 Å². The number of rotatable bonds is 3. The number of aryl methyl sites for hydroxylation is 2. The molecule has 0 radical (unpaired) electrons. The van der Waals surface area contributed by atoms with Gasteiger partial charge in [0, 0.05) is 11.3 Å². The second kappa shape index (κ2) is 5.47. The Morgan fingerprint density at radius 3 is 2.70 bits per heavy atom. The van der Waals surface area contributed by atoms with Crippen molar-refractivity contribution in [2.75, 3.05) is 0 Å². The number of fused-ring (bicyclic) bond motifs is 1. The van der Waals surface area contributed by atoms with Gasteiger partial charge in [0.1, 0.15) is 10.9 Å². The normalized spacial score (nSPS) is 11.2. The van der Waals surface area contributed by atoms with Gasteiger partial charge in [0.15, 0.2) is 0 Å². The molecule has 0 N–H and O–H groups in total. The molecule has 114 valence electrons. The Morgan fingerprint density at radius 2 is 1.87 bits per heavy atom. The maximum Gasteiger partial charge on any atom is 0.283 e. The summed E-state index contributed by atoms with van der Waals surface area (Å²) in [6.07, 6.45) is 0. The molecule has 0 aliphatic heterocycles.